The number of nitrogens with one attached hydrogen (secondary N) is 1. The van der Waals surface area contributed by atoms with E-state index < -0.39 is 5.54 Å². The van der Waals surface area contributed by atoms with Crippen LogP contribution >= 0.6 is 0 Å². The van der Waals surface area contributed by atoms with Crippen molar-refractivity contribution in [2.24, 2.45) is 5.92 Å². The summed E-state index contributed by atoms with van der Waals surface area (Å²) in [7, 11) is 0. The lowest BCUT2D eigenvalue weighted by molar-refractivity contribution is -0.161. The van der Waals surface area contributed by atoms with Crippen molar-refractivity contribution in [3.05, 3.63) is 35.9 Å². The molecule has 0 aliphatic carbocycles. The molecule has 2 amide bonds. The number of hydrogen-bond acceptors (Lipinski definition) is 3. The van der Waals surface area contributed by atoms with E-state index in [0.717, 1.165) is 38.9 Å². The van der Waals surface area contributed by atoms with E-state index in [-0.39, 0.29) is 17.9 Å². The van der Waals surface area contributed by atoms with Crippen LogP contribution < -0.4 is 5.32 Å². The van der Waals surface area contributed by atoms with Crippen LogP contribution in [0.3, 0.4) is 0 Å². The van der Waals surface area contributed by atoms with Crippen molar-refractivity contribution in [2.45, 2.75) is 77.3 Å². The van der Waals surface area contributed by atoms with Gasteiger partial charge >= 0.3 is 0 Å². The molecule has 0 bridgehead atoms. The first-order chi connectivity index (χ1) is 14.5. The third-order valence-electron chi connectivity index (χ3n) is 6.80. The monoisotopic (exact) mass is 413 g/mol. The predicted molar refractivity (Wildman–Crippen MR) is 121 cm³/mol. The minimum absolute atomic E-state index is 0.0668. The second kappa shape index (κ2) is 10.4. The van der Waals surface area contributed by atoms with Gasteiger partial charge in [0.25, 0.3) is 0 Å². The van der Waals surface area contributed by atoms with Gasteiger partial charge in [-0.3, -0.25) is 9.59 Å². The fraction of sp³-hybridized carbons (Fsp3) is 0.680. The van der Waals surface area contributed by atoms with Crippen LogP contribution in [-0.2, 0) is 16.0 Å². The molecule has 2 aliphatic heterocycles. The van der Waals surface area contributed by atoms with Crippen molar-refractivity contribution in [1.82, 2.24) is 15.1 Å². The molecule has 2 saturated heterocycles. The molecule has 2 fully saturated rings. The molecule has 166 valence electrons. The molecule has 0 radical (unpaired) electrons. The van der Waals surface area contributed by atoms with E-state index in [9.17, 15) is 9.59 Å². The van der Waals surface area contributed by atoms with Crippen LogP contribution in [0.2, 0.25) is 0 Å². The maximum atomic E-state index is 13.1. The van der Waals surface area contributed by atoms with Crippen LogP contribution in [0.25, 0.3) is 0 Å². The Morgan fingerprint density at radius 2 is 1.77 bits per heavy atom. The van der Waals surface area contributed by atoms with E-state index in [1.54, 1.807) is 0 Å². The Labute approximate surface area is 182 Å². The van der Waals surface area contributed by atoms with Gasteiger partial charge in [0.2, 0.25) is 11.8 Å². The maximum Gasteiger partial charge on any atom is 0.246 e. The van der Waals surface area contributed by atoms with E-state index in [1.165, 1.54) is 24.8 Å². The maximum absolute atomic E-state index is 13.1. The topological polar surface area (TPSA) is 52.7 Å². The summed E-state index contributed by atoms with van der Waals surface area (Å²) in [5, 5.41) is 3.06. The van der Waals surface area contributed by atoms with Gasteiger partial charge in [0.05, 0.1) is 0 Å². The highest BCUT2D eigenvalue weighted by molar-refractivity contribution is 6.00. The van der Waals surface area contributed by atoms with Gasteiger partial charge in [-0.15, -0.1) is 0 Å². The zero-order valence-electron chi connectivity index (χ0n) is 19.0. The lowest BCUT2D eigenvalue weighted by Gasteiger charge is -2.51. The minimum atomic E-state index is -0.636. The lowest BCUT2D eigenvalue weighted by Crippen LogP contribution is -2.72. The first kappa shape index (κ1) is 22.8. The standard InChI is InChI=1S/C25H39N3O2/c1-4-28-23(29)22(19-20(2)3)26-24(30)25(28)14-17-27(18-15-25)16-10-6-9-13-21-11-7-5-8-12-21/h5,7-8,11-12,20,22H,4,6,9-10,13-19H2,1-3H3,(H,26,30)/t22-/m0/s1. The highest BCUT2D eigenvalue weighted by Crippen LogP contribution is 2.33. The third kappa shape index (κ3) is 5.23. The van der Waals surface area contributed by atoms with Crippen molar-refractivity contribution < 1.29 is 9.59 Å². The van der Waals surface area contributed by atoms with Gasteiger partial charge in [0, 0.05) is 19.6 Å². The Hall–Kier alpha value is -1.88. The highest BCUT2D eigenvalue weighted by atomic mass is 16.2. The molecule has 0 aromatic heterocycles. The zero-order valence-corrected chi connectivity index (χ0v) is 19.0. The quantitative estimate of drug-likeness (QED) is 0.629. The van der Waals surface area contributed by atoms with Gasteiger partial charge in [0.15, 0.2) is 0 Å². The third-order valence-corrected chi connectivity index (χ3v) is 6.80. The van der Waals surface area contributed by atoms with Crippen LogP contribution in [-0.4, -0.2) is 59.4 Å². The van der Waals surface area contributed by atoms with E-state index in [1.807, 2.05) is 11.8 Å². The molecule has 1 aromatic carbocycles. The molecule has 0 saturated carbocycles. The van der Waals surface area contributed by atoms with Gasteiger partial charge in [-0.25, -0.2) is 0 Å². The summed E-state index contributed by atoms with van der Waals surface area (Å²) in [6.07, 6.45) is 7.00. The Morgan fingerprint density at radius 3 is 2.40 bits per heavy atom. The van der Waals surface area contributed by atoms with Crippen LogP contribution in [0.15, 0.2) is 30.3 Å². The Bertz CT molecular complexity index is 696. The first-order valence-electron chi connectivity index (χ1n) is 11.8. The number of amides is 2. The van der Waals surface area contributed by atoms with Gasteiger partial charge in [0.1, 0.15) is 11.6 Å². The van der Waals surface area contributed by atoms with E-state index in [2.05, 4.69) is 54.4 Å². The smallest absolute Gasteiger partial charge is 0.246 e. The number of piperazine rings is 1. The second-order valence-electron chi connectivity index (χ2n) is 9.41. The second-order valence-corrected chi connectivity index (χ2v) is 9.41. The SMILES string of the molecule is CCN1C(=O)[C@H](CC(C)C)NC(=O)C12CCN(CCCCCc1ccccc1)CC2. The molecule has 5 heteroatoms. The van der Waals surface area contributed by atoms with Crippen molar-refractivity contribution in [3.8, 4) is 0 Å². The number of unbranched alkanes of at least 4 members (excludes halogenated alkanes) is 2. The number of likely N-dealkylation sites (tertiary alicyclic amines) is 1. The normalized spacial score (nSPS) is 22.0. The molecular weight excluding hydrogens is 374 g/mol. The number of piperidine rings is 1. The molecule has 1 N–H and O–H groups in total. The molecule has 1 aromatic rings. The van der Waals surface area contributed by atoms with Crippen LogP contribution in [0.5, 0.6) is 0 Å². The molecule has 2 aliphatic rings. The number of benzene rings is 1. The van der Waals surface area contributed by atoms with Crippen molar-refractivity contribution >= 4 is 11.8 Å². The number of likely N-dealkylation sites (N-methyl/N-ethyl adjacent to an activating group) is 1. The first-order valence-corrected chi connectivity index (χ1v) is 11.8. The van der Waals surface area contributed by atoms with E-state index in [4.69, 9.17) is 0 Å². The lowest BCUT2D eigenvalue weighted by atomic mass is 9.81. The average molecular weight is 414 g/mol. The molecular formula is C25H39N3O2. The van der Waals surface area contributed by atoms with E-state index in [0.29, 0.717) is 18.9 Å². The number of nitrogens with zero attached hydrogens (tertiary/aromatic N) is 2. The number of hydrogen-bond donors (Lipinski definition) is 1. The summed E-state index contributed by atoms with van der Waals surface area (Å²) >= 11 is 0. The summed E-state index contributed by atoms with van der Waals surface area (Å²) in [4.78, 5) is 30.5. The summed E-state index contributed by atoms with van der Waals surface area (Å²) in [6, 6.07) is 10.3. The van der Waals surface area contributed by atoms with Crippen LogP contribution in [0.1, 0.15) is 64.9 Å². The molecule has 3 rings (SSSR count). The highest BCUT2D eigenvalue weighted by Gasteiger charge is 2.52. The van der Waals surface area contributed by atoms with Crippen molar-refractivity contribution in [3.63, 3.8) is 0 Å². The van der Waals surface area contributed by atoms with Gasteiger partial charge in [-0.05, 0) is 63.5 Å². The zero-order chi connectivity index (χ0) is 21.6. The Kier molecular flexibility index (Phi) is 7.93. The fourth-order valence-corrected chi connectivity index (χ4v) is 5.10. The fourth-order valence-electron chi connectivity index (χ4n) is 5.10. The van der Waals surface area contributed by atoms with Gasteiger partial charge in [-0.1, -0.05) is 50.6 Å². The summed E-state index contributed by atoms with van der Waals surface area (Å²) in [5.74, 6) is 0.563. The average Bonchev–Trinajstić information content (AvgIpc) is 2.74. The number of aryl methyl sites for hydroxylation is 1. The number of rotatable bonds is 9. The number of carbonyl (C=O) groups excluding carboxylic acids is 2. The molecule has 1 atom stereocenters. The molecule has 1 spiro atoms. The van der Waals surface area contributed by atoms with E-state index >= 15 is 0 Å². The Morgan fingerprint density at radius 1 is 1.07 bits per heavy atom. The summed E-state index contributed by atoms with van der Waals surface area (Å²) < 4.78 is 0. The minimum Gasteiger partial charge on any atom is -0.342 e. The van der Waals surface area contributed by atoms with Gasteiger partial charge in [-0.2, -0.15) is 0 Å². The van der Waals surface area contributed by atoms with Crippen LogP contribution in [0.4, 0.5) is 0 Å². The van der Waals surface area contributed by atoms with Crippen molar-refractivity contribution in [1.29, 1.82) is 0 Å². The largest absolute Gasteiger partial charge is 0.342 e. The van der Waals surface area contributed by atoms with Crippen molar-refractivity contribution in [2.75, 3.05) is 26.2 Å². The molecule has 30 heavy (non-hydrogen) atoms. The molecule has 5 nitrogen and oxygen atoms in total. The Balaban J connectivity index is 1.46. The predicted octanol–water partition coefficient (Wildman–Crippen LogP) is 3.63. The molecule has 2 heterocycles. The molecule has 0 unspecified atom stereocenters. The van der Waals surface area contributed by atoms with Crippen LogP contribution in [0, 0.1) is 5.92 Å². The summed E-state index contributed by atoms with van der Waals surface area (Å²) in [5.41, 5.74) is 0.782. The summed E-state index contributed by atoms with van der Waals surface area (Å²) in [6.45, 7) is 9.68. The number of carbonyl (C=O) groups is 2. The van der Waals surface area contributed by atoms with Gasteiger partial charge < -0.3 is 15.1 Å².